The average Bonchev–Trinajstić information content (AvgIpc) is 1.80. The molecule has 4 aliphatic rings. The van der Waals surface area contributed by atoms with Crippen molar-refractivity contribution in [2.75, 3.05) is 0 Å². The molecular weight excluding hydrogens is 1260 g/mol. The van der Waals surface area contributed by atoms with Crippen LogP contribution in [0.4, 0.5) is 0 Å². The third-order valence-corrected chi connectivity index (χ3v) is 21.3. The highest BCUT2D eigenvalue weighted by Crippen LogP contribution is 2.30. The van der Waals surface area contributed by atoms with Crippen LogP contribution >= 0.6 is 34.0 Å². The first-order valence-electron chi connectivity index (χ1n) is 34.3. The third-order valence-electron chi connectivity index (χ3n) is 16.8. The highest BCUT2D eigenvalue weighted by molar-refractivity contribution is 7.19. The number of thiophene rings is 3. The number of aryl methyl sites for hydroxylation is 15. The second-order valence-electron chi connectivity index (χ2n) is 27.4. The molecule has 7 heteroatoms. The summed E-state index contributed by atoms with van der Waals surface area (Å²) in [7, 11) is 0.114. The van der Waals surface area contributed by atoms with Crippen LogP contribution in [0, 0.1) is 104 Å². The summed E-state index contributed by atoms with van der Waals surface area (Å²) in [6.07, 6.45) is 14.8. The van der Waals surface area contributed by atoms with E-state index in [1.54, 1.807) is 10.4 Å². The maximum Gasteiger partial charge on any atom is 0.134 e. The molecule has 0 saturated carbocycles. The molecule has 7 aromatic carbocycles. The molecule has 1 aliphatic heterocycles. The first-order valence-corrected chi connectivity index (χ1v) is 38.2. The monoisotopic (exact) mass is 1370 g/mol. The molecule has 3 nitrogen and oxygen atoms in total. The van der Waals surface area contributed by atoms with Crippen LogP contribution in [0.5, 0.6) is 0 Å². The number of aromatic nitrogens is 1. The van der Waals surface area contributed by atoms with Gasteiger partial charge in [0, 0.05) is 51.1 Å². The Morgan fingerprint density at radius 3 is 1.26 bits per heavy atom. The van der Waals surface area contributed by atoms with Crippen molar-refractivity contribution in [2.45, 2.75) is 158 Å². The lowest BCUT2D eigenvalue weighted by Gasteiger charge is -1.98. The van der Waals surface area contributed by atoms with Gasteiger partial charge < -0.3 is 13.8 Å². The van der Waals surface area contributed by atoms with Gasteiger partial charge in [-0.3, -0.25) is 0 Å². The number of hydrogen-bond donors (Lipinski definition) is 1. The van der Waals surface area contributed by atoms with Crippen molar-refractivity contribution in [1.29, 1.82) is 0 Å². The number of H-pyrrole nitrogens is 1. The van der Waals surface area contributed by atoms with Gasteiger partial charge in [0.2, 0.25) is 0 Å². The molecule has 0 radical (unpaired) electrons. The van der Waals surface area contributed by atoms with Gasteiger partial charge in [0.25, 0.3) is 0 Å². The first kappa shape index (κ1) is 75.2. The molecule has 0 bridgehead atoms. The summed E-state index contributed by atoms with van der Waals surface area (Å²) >= 11 is 5.57. The number of fused-ring (bicyclic) bond motifs is 7. The van der Waals surface area contributed by atoms with Gasteiger partial charge in [-0.2, -0.15) is 0 Å². The van der Waals surface area contributed by atoms with Crippen molar-refractivity contribution in [3.05, 3.63) is 330 Å². The van der Waals surface area contributed by atoms with E-state index in [-0.39, 0.29) is 9.52 Å². The Kier molecular flexibility index (Phi) is 27.5. The van der Waals surface area contributed by atoms with Gasteiger partial charge in [-0.25, -0.2) is 0 Å². The van der Waals surface area contributed by atoms with Crippen LogP contribution in [-0.2, 0) is 19.3 Å². The smallest absolute Gasteiger partial charge is 0.134 e. The van der Waals surface area contributed by atoms with Gasteiger partial charge in [0.15, 0.2) is 0 Å². The highest BCUT2D eigenvalue weighted by atomic mass is 32.1. The molecule has 0 unspecified atom stereocenters. The molecule has 0 atom stereocenters. The fraction of sp³-hybridized carbons (Fsp3) is 0.253. The molecule has 3 aliphatic carbocycles. The zero-order chi connectivity index (χ0) is 70.7. The minimum absolute atomic E-state index is 0.114. The lowest BCUT2D eigenvalue weighted by molar-refractivity contribution is 0.578. The van der Waals surface area contributed by atoms with Gasteiger partial charge in [-0.1, -0.05) is 182 Å². The van der Waals surface area contributed by atoms with E-state index in [4.69, 9.17) is 8.83 Å². The number of rotatable bonds is 0. The summed E-state index contributed by atoms with van der Waals surface area (Å²) in [6.45, 7) is 42.4. The van der Waals surface area contributed by atoms with Crippen LogP contribution in [-0.4, -0.2) is 14.5 Å². The van der Waals surface area contributed by atoms with Gasteiger partial charge in [0.05, 0.1) is 9.52 Å². The van der Waals surface area contributed by atoms with Crippen molar-refractivity contribution in [3.8, 4) is 0 Å². The Bertz CT molecular complexity index is 4520. The molecule has 98 heavy (non-hydrogen) atoms. The van der Waals surface area contributed by atoms with E-state index in [0.29, 0.717) is 0 Å². The molecular formula is C91H103NO2S3Si. The van der Waals surface area contributed by atoms with E-state index in [1.165, 1.54) is 151 Å². The van der Waals surface area contributed by atoms with E-state index in [9.17, 15) is 0 Å². The number of benzene rings is 7. The summed E-state index contributed by atoms with van der Waals surface area (Å²) < 4.78 is 13.7. The molecule has 6 aromatic heterocycles. The van der Waals surface area contributed by atoms with Crippen molar-refractivity contribution < 1.29 is 8.83 Å². The molecule has 17 rings (SSSR count). The van der Waals surface area contributed by atoms with Crippen LogP contribution in [0.2, 0.25) is 0 Å². The van der Waals surface area contributed by atoms with E-state index < -0.39 is 0 Å². The van der Waals surface area contributed by atoms with E-state index >= 15 is 0 Å². The first-order chi connectivity index (χ1) is 46.6. The predicted molar refractivity (Wildman–Crippen MR) is 440 cm³/mol. The van der Waals surface area contributed by atoms with Crippen LogP contribution in [0.15, 0.2) is 224 Å². The summed E-state index contributed by atoms with van der Waals surface area (Å²) in [5, 5.41) is 8.39. The summed E-state index contributed by atoms with van der Waals surface area (Å²) in [6, 6.07) is 62.6. The molecule has 7 heterocycles. The molecule has 1 N–H and O–H groups in total. The Morgan fingerprint density at radius 1 is 0.296 bits per heavy atom. The number of allylic oxidation sites excluding steroid dienone is 7. The largest absolute Gasteiger partial charge is 0.461 e. The van der Waals surface area contributed by atoms with Gasteiger partial charge in [-0.15, -0.1) is 34.0 Å². The molecule has 0 fully saturated rings. The molecule has 0 spiro atoms. The number of nitrogens with one attached hydrogen (secondary N) is 1. The van der Waals surface area contributed by atoms with Crippen LogP contribution in [0.3, 0.4) is 0 Å². The Labute approximate surface area is 601 Å². The molecule has 506 valence electrons. The minimum atomic E-state index is 0.114. The van der Waals surface area contributed by atoms with Gasteiger partial charge in [-0.05, 0) is 292 Å². The highest BCUT2D eigenvalue weighted by Gasteiger charge is 2.11. The Hall–Kier alpha value is -8.56. The normalized spacial score (nSPS) is 12.4. The minimum Gasteiger partial charge on any atom is -0.461 e. The summed E-state index contributed by atoms with van der Waals surface area (Å²) in [4.78, 5) is 8.73. The van der Waals surface area contributed by atoms with E-state index in [2.05, 4.69) is 316 Å². The van der Waals surface area contributed by atoms with Gasteiger partial charge >= 0.3 is 0 Å². The van der Waals surface area contributed by atoms with Gasteiger partial charge in [0.1, 0.15) is 22.7 Å². The fourth-order valence-electron chi connectivity index (χ4n) is 12.1. The number of hydrogen-bond acceptors (Lipinski definition) is 5. The number of furan rings is 2. The van der Waals surface area contributed by atoms with Crippen molar-refractivity contribution in [1.82, 2.24) is 4.98 Å². The maximum absolute atomic E-state index is 5.45. The average molecular weight is 1370 g/mol. The van der Waals surface area contributed by atoms with Crippen molar-refractivity contribution in [3.63, 3.8) is 0 Å². The fourth-order valence-corrected chi connectivity index (χ4v) is 16.1. The summed E-state index contributed by atoms with van der Waals surface area (Å²) in [5.41, 5.74) is 26.9. The zero-order valence-corrected chi connectivity index (χ0v) is 65.9. The topological polar surface area (TPSA) is 42.1 Å². The molecule has 0 saturated heterocycles. The predicted octanol–water partition coefficient (Wildman–Crippen LogP) is 27.0. The van der Waals surface area contributed by atoms with E-state index in [1.807, 2.05) is 67.8 Å². The van der Waals surface area contributed by atoms with Crippen molar-refractivity contribution >= 4 is 104 Å². The molecule has 13 aromatic rings. The quantitative estimate of drug-likeness (QED) is 0.154. The maximum atomic E-state index is 5.45. The summed E-state index contributed by atoms with van der Waals surface area (Å²) in [5.74, 6) is 1.95. The third kappa shape index (κ3) is 23.9. The lowest BCUT2D eigenvalue weighted by atomic mass is 10.1. The molecule has 0 amide bonds. The van der Waals surface area contributed by atoms with Crippen LogP contribution in [0.25, 0.3) is 60.3 Å². The lowest BCUT2D eigenvalue weighted by Crippen LogP contribution is -1.86. The zero-order valence-electron chi connectivity index (χ0n) is 62.0. The SMILES string of the molecule is CC1=CC=C(C)[SiH2]1.CC1=Cc2cc(C)ccc2C1.CC1=Cc2cc(C)ccc2C1.CC1=Cc2ccc(C)cc2C1.Cc1ccc(C)[nH]1.Cc1ccc(C)s1.Cc1ccc2cc(C)oc2c1.Cc1ccc2cc(C)sc2c1.Cc1ccc2oc(C)cc2c1.Cc1ccc2sc(C)cc2c1. The Balaban J connectivity index is 0.000000140. The Morgan fingerprint density at radius 2 is 0.724 bits per heavy atom. The van der Waals surface area contributed by atoms with Crippen molar-refractivity contribution in [2.24, 2.45) is 0 Å². The number of aromatic amines is 1. The second-order valence-corrected chi connectivity index (χ2v) is 34.0. The van der Waals surface area contributed by atoms with E-state index in [0.717, 1.165) is 41.9 Å². The second kappa shape index (κ2) is 35.8. The van der Waals surface area contributed by atoms with Crippen LogP contribution < -0.4 is 0 Å². The standard InChI is InChI=1S/3C11H12.2C10H10O.2C10H10S.C6H9N.C6H8S.C6H10Si/c3*1-8-3-4-10-6-9(2)7-11(10)5-8;1-7-3-4-10-9(5-7)6-8(2)11-10;1-7-3-4-9-6-8(2)11-10(9)5-7;1-7-3-4-10-9(5-7)6-8(2)11-10;1-7-3-4-9-6-8(2)11-10(9)5-7;3*1-5-3-4-6(2)7-5/h2*3-5,7H,6H2,1-2H3;3-6H,7H2,1-2H3;4*3-6H,1-2H3;3-4,7H,1-2H3;3-4H,1-2H3;3-4H,7H2,1-2H3. The van der Waals surface area contributed by atoms with Crippen LogP contribution in [0.1, 0.15) is 149 Å².